The molecule has 0 aliphatic rings. The van der Waals surface area contributed by atoms with E-state index < -0.39 is 0 Å². The van der Waals surface area contributed by atoms with Crippen LogP contribution in [0, 0.1) is 0 Å². The van der Waals surface area contributed by atoms with Crippen LogP contribution in [0.4, 0.5) is 0 Å². The van der Waals surface area contributed by atoms with Crippen molar-refractivity contribution in [2.45, 2.75) is 0 Å². The van der Waals surface area contributed by atoms with Crippen LogP contribution in [-0.2, 0) is 0 Å². The molecule has 0 radical (unpaired) electrons. The molecule has 0 bridgehead atoms. The summed E-state index contributed by atoms with van der Waals surface area (Å²) in [7, 11) is 3.21. The van der Waals surface area contributed by atoms with Crippen LogP contribution in [0.5, 0.6) is 11.5 Å². The van der Waals surface area contributed by atoms with Gasteiger partial charge in [-0.15, -0.1) is 21.5 Å². The minimum Gasteiger partial charge on any atom is -0.493 e. The van der Waals surface area contributed by atoms with Gasteiger partial charge in [0, 0.05) is 11.5 Å². The number of hydrogen-bond acceptors (Lipinski definition) is 6. The van der Waals surface area contributed by atoms with E-state index in [1.807, 2.05) is 34.0 Å². The van der Waals surface area contributed by atoms with E-state index in [0.717, 1.165) is 27.3 Å². The first-order chi connectivity index (χ1) is 10.8. The topological polar surface area (TPSA) is 61.5 Å². The maximum Gasteiger partial charge on any atom is 0.179 e. The summed E-state index contributed by atoms with van der Waals surface area (Å²) < 4.78 is 12.6. The van der Waals surface area contributed by atoms with Gasteiger partial charge >= 0.3 is 0 Å². The highest BCUT2D eigenvalue weighted by atomic mass is 32.1. The largest absolute Gasteiger partial charge is 0.493 e. The van der Waals surface area contributed by atoms with Gasteiger partial charge in [-0.25, -0.2) is 4.98 Å². The molecule has 0 unspecified atom stereocenters. The van der Waals surface area contributed by atoms with Gasteiger partial charge in [0.2, 0.25) is 0 Å². The Balaban J connectivity index is 2.03. The summed E-state index contributed by atoms with van der Waals surface area (Å²) in [5, 5.41) is 11.5. The van der Waals surface area contributed by atoms with Gasteiger partial charge in [0.05, 0.1) is 24.6 Å². The molecule has 0 aliphatic heterocycles. The van der Waals surface area contributed by atoms with E-state index in [-0.39, 0.29) is 0 Å². The Morgan fingerprint density at radius 3 is 2.64 bits per heavy atom. The van der Waals surface area contributed by atoms with Crippen molar-refractivity contribution >= 4 is 27.9 Å². The van der Waals surface area contributed by atoms with E-state index in [0.29, 0.717) is 11.5 Å². The Bertz CT molecular complexity index is 963. The first-order valence-corrected chi connectivity index (χ1v) is 7.49. The summed E-state index contributed by atoms with van der Waals surface area (Å²) in [5.74, 6) is 2.07. The summed E-state index contributed by atoms with van der Waals surface area (Å²) in [6, 6.07) is 7.72. The molecule has 3 heterocycles. The van der Waals surface area contributed by atoms with Crippen molar-refractivity contribution in [3.63, 3.8) is 0 Å². The minimum absolute atomic E-state index is 0.643. The molecule has 4 rings (SSSR count). The van der Waals surface area contributed by atoms with Crippen molar-refractivity contribution in [2.24, 2.45) is 0 Å². The lowest BCUT2D eigenvalue weighted by Crippen LogP contribution is -1.95. The fraction of sp³-hybridized carbons (Fsp3) is 0.133. The van der Waals surface area contributed by atoms with Crippen LogP contribution in [0.1, 0.15) is 0 Å². The lowest BCUT2D eigenvalue weighted by Gasteiger charge is -2.09. The lowest BCUT2D eigenvalue weighted by molar-refractivity contribution is 0.356. The number of fused-ring (bicyclic) bond motifs is 3. The van der Waals surface area contributed by atoms with Crippen LogP contribution in [0.3, 0.4) is 0 Å². The van der Waals surface area contributed by atoms with Gasteiger partial charge in [-0.2, -0.15) is 0 Å². The van der Waals surface area contributed by atoms with Crippen molar-refractivity contribution in [3.05, 3.63) is 36.0 Å². The average Bonchev–Trinajstić information content (AvgIpc) is 3.21. The number of benzene rings is 1. The zero-order valence-corrected chi connectivity index (χ0v) is 12.8. The lowest BCUT2D eigenvalue weighted by atomic mass is 10.2. The molecule has 4 aromatic rings. The van der Waals surface area contributed by atoms with Crippen LogP contribution in [0.15, 0.2) is 36.0 Å². The van der Waals surface area contributed by atoms with E-state index in [1.54, 1.807) is 31.9 Å². The van der Waals surface area contributed by atoms with Gasteiger partial charge in [-0.3, -0.25) is 4.40 Å². The van der Waals surface area contributed by atoms with Crippen LogP contribution in [-0.4, -0.2) is 33.8 Å². The van der Waals surface area contributed by atoms with Gasteiger partial charge in [0.1, 0.15) is 6.33 Å². The third-order valence-corrected chi connectivity index (χ3v) is 4.36. The first-order valence-electron chi connectivity index (χ1n) is 6.61. The predicted octanol–water partition coefficient (Wildman–Crippen LogP) is 3.02. The van der Waals surface area contributed by atoms with E-state index in [1.165, 1.54) is 0 Å². The van der Waals surface area contributed by atoms with Gasteiger partial charge < -0.3 is 9.47 Å². The molecule has 0 aliphatic carbocycles. The molecular weight excluding hydrogens is 300 g/mol. The molecule has 0 amide bonds. The first kappa shape index (κ1) is 13.0. The van der Waals surface area contributed by atoms with Gasteiger partial charge in [0.15, 0.2) is 23.0 Å². The standard InChI is InChI=1S/C15H12N4O2S/c1-20-11-6-9-10(7-12(11)21-2)16-8-19-14(9)17-18-15(19)13-4-3-5-22-13/h3-8H,1-2H3. The normalized spacial score (nSPS) is 11.2. The summed E-state index contributed by atoms with van der Waals surface area (Å²) >= 11 is 1.62. The molecule has 110 valence electrons. The van der Waals surface area contributed by atoms with E-state index in [9.17, 15) is 0 Å². The number of hydrogen-bond donors (Lipinski definition) is 0. The van der Waals surface area contributed by atoms with Crippen LogP contribution >= 0.6 is 11.3 Å². The molecule has 1 aromatic carbocycles. The van der Waals surface area contributed by atoms with Crippen molar-refractivity contribution in [2.75, 3.05) is 14.2 Å². The van der Waals surface area contributed by atoms with Gasteiger partial charge in [-0.05, 0) is 17.5 Å². The Kier molecular flexibility index (Phi) is 2.93. The zero-order valence-electron chi connectivity index (χ0n) is 12.0. The highest BCUT2D eigenvalue weighted by Crippen LogP contribution is 2.33. The molecule has 0 fully saturated rings. The number of rotatable bonds is 3. The predicted molar refractivity (Wildman–Crippen MR) is 84.7 cm³/mol. The average molecular weight is 312 g/mol. The molecular formula is C15H12N4O2S. The maximum absolute atomic E-state index is 5.36. The highest BCUT2D eigenvalue weighted by Gasteiger charge is 2.14. The molecule has 0 spiro atoms. The van der Waals surface area contributed by atoms with Gasteiger partial charge in [-0.1, -0.05) is 6.07 Å². The monoisotopic (exact) mass is 312 g/mol. The van der Waals surface area contributed by atoms with Crippen LogP contribution in [0.2, 0.25) is 0 Å². The second-order valence-corrected chi connectivity index (χ2v) is 5.61. The Labute approximate surface area is 130 Å². The summed E-state index contributed by atoms with van der Waals surface area (Å²) in [6.45, 7) is 0. The zero-order chi connectivity index (χ0) is 15.1. The van der Waals surface area contributed by atoms with Crippen molar-refractivity contribution in [3.8, 4) is 22.2 Å². The third kappa shape index (κ3) is 1.82. The highest BCUT2D eigenvalue weighted by molar-refractivity contribution is 7.13. The smallest absolute Gasteiger partial charge is 0.179 e. The maximum atomic E-state index is 5.36. The molecule has 0 saturated heterocycles. The summed E-state index contributed by atoms with van der Waals surface area (Å²) in [6.07, 6.45) is 1.73. The molecule has 22 heavy (non-hydrogen) atoms. The number of nitrogens with zero attached hydrogens (tertiary/aromatic N) is 4. The van der Waals surface area contributed by atoms with Crippen molar-refractivity contribution in [1.82, 2.24) is 19.6 Å². The van der Waals surface area contributed by atoms with E-state index in [4.69, 9.17) is 9.47 Å². The van der Waals surface area contributed by atoms with Gasteiger partial charge in [0.25, 0.3) is 0 Å². The Morgan fingerprint density at radius 1 is 1.09 bits per heavy atom. The molecule has 6 nitrogen and oxygen atoms in total. The number of ether oxygens (including phenoxy) is 2. The van der Waals surface area contributed by atoms with Crippen molar-refractivity contribution < 1.29 is 9.47 Å². The molecule has 3 aromatic heterocycles. The number of methoxy groups -OCH3 is 2. The second kappa shape index (κ2) is 4.96. The second-order valence-electron chi connectivity index (χ2n) is 4.66. The summed E-state index contributed by atoms with van der Waals surface area (Å²) in [4.78, 5) is 5.54. The minimum atomic E-state index is 0.643. The Hall–Kier alpha value is -2.67. The third-order valence-electron chi connectivity index (χ3n) is 3.49. The SMILES string of the molecule is COc1cc2ncn3c(-c4cccs4)nnc3c2cc1OC. The summed E-state index contributed by atoms with van der Waals surface area (Å²) in [5.41, 5.74) is 1.53. The number of aromatic nitrogens is 4. The van der Waals surface area contributed by atoms with E-state index >= 15 is 0 Å². The fourth-order valence-corrected chi connectivity index (χ4v) is 3.14. The Morgan fingerprint density at radius 2 is 1.91 bits per heavy atom. The number of thiophene rings is 1. The molecule has 0 N–H and O–H groups in total. The van der Waals surface area contributed by atoms with Crippen molar-refractivity contribution in [1.29, 1.82) is 0 Å². The fourth-order valence-electron chi connectivity index (χ4n) is 2.43. The molecule has 0 atom stereocenters. The molecule has 0 saturated carbocycles. The van der Waals surface area contributed by atoms with Crippen LogP contribution in [0.25, 0.3) is 27.3 Å². The quantitative estimate of drug-likeness (QED) is 0.582. The van der Waals surface area contributed by atoms with Crippen LogP contribution < -0.4 is 9.47 Å². The molecule has 7 heteroatoms. The van der Waals surface area contributed by atoms with E-state index in [2.05, 4.69) is 15.2 Å².